The molecule has 0 aliphatic rings. The quantitative estimate of drug-likeness (QED) is 0.908. The highest BCUT2D eigenvalue weighted by Crippen LogP contribution is 2.26. The van der Waals surface area contributed by atoms with Crippen molar-refractivity contribution in [2.75, 3.05) is 12.4 Å². The second kappa shape index (κ2) is 6.56. The molecule has 20 heavy (non-hydrogen) atoms. The number of para-hydroxylation sites is 2. The van der Waals surface area contributed by atoms with Crippen molar-refractivity contribution >= 4 is 11.6 Å². The monoisotopic (exact) mass is 272 g/mol. The van der Waals surface area contributed by atoms with Gasteiger partial charge in [-0.3, -0.25) is 9.78 Å². The molecule has 1 atom stereocenters. The van der Waals surface area contributed by atoms with Crippen LogP contribution in [0.2, 0.25) is 0 Å². The van der Waals surface area contributed by atoms with Gasteiger partial charge in [-0.25, -0.2) is 0 Å². The van der Waals surface area contributed by atoms with Crippen LogP contribution in [0.15, 0.2) is 48.8 Å². The molecule has 0 aliphatic heterocycles. The molecule has 0 spiro atoms. The van der Waals surface area contributed by atoms with Crippen LogP contribution in [-0.2, 0) is 4.79 Å². The lowest BCUT2D eigenvalue weighted by atomic mass is 10.3. The maximum absolute atomic E-state index is 12.0. The summed E-state index contributed by atoms with van der Waals surface area (Å²) in [6.45, 7) is 1.68. The van der Waals surface area contributed by atoms with Crippen LogP contribution < -0.4 is 14.8 Å². The fourth-order valence-electron chi connectivity index (χ4n) is 1.64. The van der Waals surface area contributed by atoms with Crippen LogP contribution in [-0.4, -0.2) is 24.1 Å². The van der Waals surface area contributed by atoms with Gasteiger partial charge in [0.15, 0.2) is 17.6 Å². The molecule has 0 bridgehead atoms. The van der Waals surface area contributed by atoms with Gasteiger partial charge in [-0.1, -0.05) is 12.1 Å². The molecule has 0 saturated heterocycles. The van der Waals surface area contributed by atoms with Gasteiger partial charge in [-0.05, 0) is 31.2 Å². The molecule has 5 nitrogen and oxygen atoms in total. The van der Waals surface area contributed by atoms with Crippen LogP contribution in [0, 0.1) is 0 Å². The highest BCUT2D eigenvalue weighted by molar-refractivity contribution is 5.93. The number of pyridine rings is 1. The first-order valence-electron chi connectivity index (χ1n) is 6.21. The first-order chi connectivity index (χ1) is 9.70. The van der Waals surface area contributed by atoms with Crippen molar-refractivity contribution in [3.8, 4) is 11.5 Å². The van der Waals surface area contributed by atoms with Crippen LogP contribution in [0.1, 0.15) is 6.92 Å². The highest BCUT2D eigenvalue weighted by atomic mass is 16.5. The zero-order valence-electron chi connectivity index (χ0n) is 11.4. The molecule has 0 fully saturated rings. The number of rotatable bonds is 5. The number of hydrogen-bond donors (Lipinski definition) is 1. The number of anilines is 1. The Morgan fingerprint density at radius 3 is 2.60 bits per heavy atom. The number of ether oxygens (including phenoxy) is 2. The Morgan fingerprint density at radius 1 is 1.20 bits per heavy atom. The average Bonchev–Trinajstić information content (AvgIpc) is 2.48. The van der Waals surface area contributed by atoms with Gasteiger partial charge in [-0.2, -0.15) is 0 Å². The Hall–Kier alpha value is -2.56. The predicted molar refractivity (Wildman–Crippen MR) is 76.0 cm³/mol. The second-order valence-corrected chi connectivity index (χ2v) is 4.14. The van der Waals surface area contributed by atoms with E-state index >= 15 is 0 Å². The molecule has 5 heteroatoms. The molecule has 1 aromatic heterocycles. The second-order valence-electron chi connectivity index (χ2n) is 4.14. The van der Waals surface area contributed by atoms with Gasteiger partial charge in [-0.15, -0.1) is 0 Å². The number of aromatic nitrogens is 1. The molecular weight excluding hydrogens is 256 g/mol. The minimum Gasteiger partial charge on any atom is -0.493 e. The maximum Gasteiger partial charge on any atom is 0.265 e. The molecule has 1 amide bonds. The van der Waals surface area contributed by atoms with Crippen LogP contribution >= 0.6 is 0 Å². The maximum atomic E-state index is 12.0. The number of methoxy groups -OCH3 is 1. The van der Waals surface area contributed by atoms with E-state index in [2.05, 4.69) is 10.3 Å². The summed E-state index contributed by atoms with van der Waals surface area (Å²) in [6.07, 6.45) is 2.57. The summed E-state index contributed by atoms with van der Waals surface area (Å²) in [5, 5.41) is 2.73. The smallest absolute Gasteiger partial charge is 0.265 e. The number of carbonyl (C=O) groups excluding carboxylic acids is 1. The van der Waals surface area contributed by atoms with Gasteiger partial charge in [0, 0.05) is 6.20 Å². The standard InChI is InChI=1S/C15H16N2O3/c1-11(15(18)17-12-6-5-9-16-10-12)20-14-8-4-3-7-13(14)19-2/h3-11H,1-2H3,(H,17,18). The van der Waals surface area contributed by atoms with Crippen molar-refractivity contribution in [1.29, 1.82) is 0 Å². The Labute approximate surface area is 117 Å². The molecule has 1 heterocycles. The Morgan fingerprint density at radius 2 is 1.95 bits per heavy atom. The van der Waals surface area contributed by atoms with Crippen LogP contribution in [0.4, 0.5) is 5.69 Å². The molecular formula is C15H16N2O3. The third-order valence-electron chi connectivity index (χ3n) is 2.67. The Kier molecular flexibility index (Phi) is 4.55. The van der Waals surface area contributed by atoms with E-state index in [0.717, 1.165) is 0 Å². The molecule has 2 aromatic rings. The van der Waals surface area contributed by atoms with Crippen molar-refractivity contribution in [3.63, 3.8) is 0 Å². The normalized spacial score (nSPS) is 11.5. The molecule has 1 aromatic carbocycles. The Bertz CT molecular complexity index is 572. The van der Waals surface area contributed by atoms with Gasteiger partial charge in [0.2, 0.25) is 0 Å². The fraction of sp³-hybridized carbons (Fsp3) is 0.200. The van der Waals surface area contributed by atoms with Crippen molar-refractivity contribution in [3.05, 3.63) is 48.8 Å². The lowest BCUT2D eigenvalue weighted by Crippen LogP contribution is -2.30. The van der Waals surface area contributed by atoms with Crippen molar-refractivity contribution in [2.24, 2.45) is 0 Å². The van der Waals surface area contributed by atoms with Crippen molar-refractivity contribution in [1.82, 2.24) is 4.98 Å². The number of hydrogen-bond acceptors (Lipinski definition) is 4. The zero-order chi connectivity index (χ0) is 14.4. The number of nitrogens with one attached hydrogen (secondary N) is 1. The first kappa shape index (κ1) is 13.9. The average molecular weight is 272 g/mol. The minimum atomic E-state index is -0.647. The summed E-state index contributed by atoms with van der Waals surface area (Å²) in [7, 11) is 1.56. The van der Waals surface area contributed by atoms with Crippen LogP contribution in [0.5, 0.6) is 11.5 Å². The summed E-state index contributed by atoms with van der Waals surface area (Å²) in [5.74, 6) is 0.876. The third-order valence-corrected chi connectivity index (χ3v) is 2.67. The van der Waals surface area contributed by atoms with E-state index in [4.69, 9.17) is 9.47 Å². The number of amides is 1. The first-order valence-corrected chi connectivity index (χ1v) is 6.21. The lowest BCUT2D eigenvalue weighted by molar-refractivity contribution is -0.122. The summed E-state index contributed by atoms with van der Waals surface area (Å²) in [5.41, 5.74) is 0.632. The van der Waals surface area contributed by atoms with Gasteiger partial charge in [0.05, 0.1) is 19.0 Å². The topological polar surface area (TPSA) is 60.5 Å². The molecule has 104 valence electrons. The fourth-order valence-corrected chi connectivity index (χ4v) is 1.64. The summed E-state index contributed by atoms with van der Waals surface area (Å²) >= 11 is 0. The van der Waals surface area contributed by atoms with E-state index in [9.17, 15) is 4.79 Å². The molecule has 2 rings (SSSR count). The molecule has 1 N–H and O–H groups in total. The summed E-state index contributed by atoms with van der Waals surface area (Å²) < 4.78 is 10.8. The highest BCUT2D eigenvalue weighted by Gasteiger charge is 2.16. The van der Waals surface area contributed by atoms with E-state index < -0.39 is 6.10 Å². The van der Waals surface area contributed by atoms with Crippen molar-refractivity contribution < 1.29 is 14.3 Å². The van der Waals surface area contributed by atoms with E-state index in [1.54, 1.807) is 50.7 Å². The molecule has 0 radical (unpaired) electrons. The SMILES string of the molecule is COc1ccccc1OC(C)C(=O)Nc1cccnc1. The predicted octanol–water partition coefficient (Wildman–Crippen LogP) is 2.50. The van der Waals surface area contributed by atoms with Gasteiger partial charge >= 0.3 is 0 Å². The van der Waals surface area contributed by atoms with Gasteiger partial charge < -0.3 is 14.8 Å². The minimum absolute atomic E-state index is 0.246. The van der Waals surface area contributed by atoms with E-state index in [0.29, 0.717) is 17.2 Å². The molecule has 0 aliphatic carbocycles. The van der Waals surface area contributed by atoms with Crippen molar-refractivity contribution in [2.45, 2.75) is 13.0 Å². The van der Waals surface area contributed by atoms with E-state index in [1.165, 1.54) is 0 Å². The zero-order valence-corrected chi connectivity index (χ0v) is 11.4. The van der Waals surface area contributed by atoms with Crippen LogP contribution in [0.3, 0.4) is 0 Å². The third kappa shape index (κ3) is 3.47. The van der Waals surface area contributed by atoms with Crippen LogP contribution in [0.25, 0.3) is 0 Å². The molecule has 0 saturated carbocycles. The summed E-state index contributed by atoms with van der Waals surface area (Å²) in [6, 6.07) is 10.7. The number of carbonyl (C=O) groups is 1. The number of benzene rings is 1. The Balaban J connectivity index is 2.01. The summed E-state index contributed by atoms with van der Waals surface area (Å²) in [4.78, 5) is 15.9. The van der Waals surface area contributed by atoms with E-state index in [1.807, 2.05) is 12.1 Å². The number of nitrogens with zero attached hydrogens (tertiary/aromatic N) is 1. The lowest BCUT2D eigenvalue weighted by Gasteiger charge is -2.16. The largest absolute Gasteiger partial charge is 0.493 e. The van der Waals surface area contributed by atoms with Gasteiger partial charge in [0.1, 0.15) is 0 Å². The van der Waals surface area contributed by atoms with E-state index in [-0.39, 0.29) is 5.91 Å². The molecule has 1 unspecified atom stereocenters. The van der Waals surface area contributed by atoms with Gasteiger partial charge in [0.25, 0.3) is 5.91 Å².